The molecule has 1 spiro atoms. The van der Waals surface area contributed by atoms with Crippen LogP contribution >= 0.6 is 0 Å². The fraction of sp³-hybridized carbons (Fsp3) is 0.550. The van der Waals surface area contributed by atoms with E-state index in [1.165, 1.54) is 0 Å². The van der Waals surface area contributed by atoms with Gasteiger partial charge in [0.25, 0.3) is 0 Å². The molecular weight excluding hydrogens is 376 g/mol. The van der Waals surface area contributed by atoms with Gasteiger partial charge in [-0.05, 0) is 37.6 Å². The second-order valence-electron chi connectivity index (χ2n) is 8.29. The summed E-state index contributed by atoms with van der Waals surface area (Å²) in [4.78, 5) is 28.8. The standard InChI is InChI=1S/C20H22N4O5/c1-3-29-16(25)15-14-8-18-9-21-19(11-28-10-18)17(26)20(14,24(18)19)23(22-15)12-4-6-13(27-2)7-5-12/h4-7,14,21H,3,8-11H2,1-2H3. The number of hydrogen-bond acceptors (Lipinski definition) is 9. The third kappa shape index (κ3) is 1.72. The summed E-state index contributed by atoms with van der Waals surface area (Å²) >= 11 is 0. The van der Waals surface area contributed by atoms with Crippen LogP contribution in [-0.4, -0.2) is 72.7 Å². The molecule has 4 unspecified atom stereocenters. The minimum atomic E-state index is -1.01. The average molecular weight is 398 g/mol. The van der Waals surface area contributed by atoms with Gasteiger partial charge in [0.15, 0.2) is 17.0 Å². The molecule has 0 saturated carbocycles. The first-order valence-corrected chi connectivity index (χ1v) is 9.91. The molecule has 152 valence electrons. The number of nitrogens with one attached hydrogen (secondary N) is 1. The molecule has 1 aromatic rings. The number of hydrogen-bond donors (Lipinski definition) is 1. The Labute approximate surface area is 167 Å². The number of benzene rings is 1. The molecule has 5 aliphatic heterocycles. The van der Waals surface area contributed by atoms with Gasteiger partial charge in [0.05, 0.1) is 44.1 Å². The maximum atomic E-state index is 13.8. The van der Waals surface area contributed by atoms with Crippen LogP contribution in [0.4, 0.5) is 5.69 Å². The van der Waals surface area contributed by atoms with Crippen LogP contribution in [0.3, 0.4) is 0 Å². The highest BCUT2D eigenvalue weighted by Crippen LogP contribution is 2.66. The summed E-state index contributed by atoms with van der Waals surface area (Å²) in [6, 6.07) is 7.38. The van der Waals surface area contributed by atoms with Crippen molar-refractivity contribution in [1.82, 2.24) is 10.2 Å². The van der Waals surface area contributed by atoms with E-state index in [2.05, 4.69) is 15.3 Å². The van der Waals surface area contributed by atoms with Crippen LogP contribution < -0.4 is 15.1 Å². The zero-order valence-corrected chi connectivity index (χ0v) is 16.3. The second-order valence-corrected chi connectivity index (χ2v) is 8.29. The van der Waals surface area contributed by atoms with E-state index in [4.69, 9.17) is 14.2 Å². The van der Waals surface area contributed by atoms with Crippen molar-refractivity contribution in [1.29, 1.82) is 0 Å². The summed E-state index contributed by atoms with van der Waals surface area (Å²) in [5.41, 5.74) is -1.10. The van der Waals surface area contributed by atoms with Gasteiger partial charge in [-0.1, -0.05) is 0 Å². The number of carbonyl (C=O) groups is 2. The van der Waals surface area contributed by atoms with Gasteiger partial charge in [-0.3, -0.25) is 10.1 Å². The SMILES string of the molecule is CCOC(=O)C1=NN(c2ccc(OC)cc2)C23C(=O)C45COCC(CN4)(CC12)N53. The highest BCUT2D eigenvalue weighted by atomic mass is 16.5. The molecule has 1 N–H and O–H groups in total. The second kappa shape index (κ2) is 5.35. The van der Waals surface area contributed by atoms with Crippen LogP contribution in [0.25, 0.3) is 0 Å². The highest BCUT2D eigenvalue weighted by Gasteiger charge is 2.89. The predicted molar refractivity (Wildman–Crippen MR) is 102 cm³/mol. The van der Waals surface area contributed by atoms with Gasteiger partial charge in [0, 0.05) is 6.54 Å². The number of anilines is 1. The lowest BCUT2D eigenvalue weighted by atomic mass is 9.73. The van der Waals surface area contributed by atoms with E-state index in [1.807, 2.05) is 24.3 Å². The summed E-state index contributed by atoms with van der Waals surface area (Å²) in [6.07, 6.45) is 0.623. The van der Waals surface area contributed by atoms with Crippen LogP contribution in [-0.2, 0) is 19.1 Å². The predicted octanol–water partition coefficient (Wildman–Crippen LogP) is 0.104. The minimum absolute atomic E-state index is 0.00735. The fourth-order valence-electron chi connectivity index (χ4n) is 6.05. The van der Waals surface area contributed by atoms with Crippen LogP contribution in [0.2, 0.25) is 0 Å². The molecule has 4 atom stereocenters. The zero-order valence-electron chi connectivity index (χ0n) is 16.3. The summed E-state index contributed by atoms with van der Waals surface area (Å²) in [6.45, 7) is 3.53. The third-order valence-corrected chi connectivity index (χ3v) is 7.03. The van der Waals surface area contributed by atoms with Gasteiger partial charge in [0.1, 0.15) is 5.75 Å². The first-order chi connectivity index (χ1) is 14.0. The maximum Gasteiger partial charge on any atom is 0.354 e. The molecule has 6 rings (SSSR count). The Morgan fingerprint density at radius 2 is 2.14 bits per heavy atom. The molecule has 0 radical (unpaired) electrons. The molecule has 0 amide bonds. The molecule has 29 heavy (non-hydrogen) atoms. The van der Waals surface area contributed by atoms with E-state index in [0.717, 1.165) is 5.69 Å². The molecular formula is C20H22N4O5. The Bertz CT molecular complexity index is 964. The number of ketones is 1. The lowest BCUT2D eigenvalue weighted by Crippen LogP contribution is -2.90. The van der Waals surface area contributed by atoms with Crippen molar-refractivity contribution in [3.63, 3.8) is 0 Å². The summed E-state index contributed by atoms with van der Waals surface area (Å²) in [7, 11) is 1.60. The van der Waals surface area contributed by atoms with Crippen molar-refractivity contribution in [3.05, 3.63) is 24.3 Å². The number of morpholine rings is 1. The van der Waals surface area contributed by atoms with Crippen molar-refractivity contribution >= 4 is 23.2 Å². The molecule has 0 aliphatic carbocycles. The van der Waals surface area contributed by atoms with Gasteiger partial charge in [-0.25, -0.2) is 14.7 Å². The number of Topliss-reactive ketones (excluding diaryl/α,β-unsaturated/α-hetero) is 1. The minimum Gasteiger partial charge on any atom is -0.497 e. The quantitative estimate of drug-likeness (QED) is 0.715. The number of rotatable bonds is 4. The lowest BCUT2D eigenvalue weighted by molar-refractivity contribution is -0.209. The maximum absolute atomic E-state index is 13.8. The zero-order chi connectivity index (χ0) is 20.0. The molecule has 4 saturated heterocycles. The number of nitrogens with zero attached hydrogens (tertiary/aromatic N) is 3. The molecule has 5 heterocycles. The smallest absolute Gasteiger partial charge is 0.354 e. The van der Waals surface area contributed by atoms with Crippen LogP contribution in [0.1, 0.15) is 13.3 Å². The molecule has 9 heteroatoms. The summed E-state index contributed by atoms with van der Waals surface area (Å²) in [5, 5.41) is 9.80. The van der Waals surface area contributed by atoms with E-state index in [-0.39, 0.29) is 23.8 Å². The largest absolute Gasteiger partial charge is 0.497 e. The van der Waals surface area contributed by atoms with Crippen molar-refractivity contribution in [2.45, 2.75) is 30.2 Å². The number of ether oxygens (including phenoxy) is 3. The third-order valence-electron chi connectivity index (χ3n) is 7.03. The van der Waals surface area contributed by atoms with Crippen molar-refractivity contribution in [3.8, 4) is 5.75 Å². The van der Waals surface area contributed by atoms with Crippen molar-refractivity contribution in [2.75, 3.05) is 38.5 Å². The number of esters is 1. The summed E-state index contributed by atoms with van der Waals surface area (Å²) in [5.74, 6) is -0.0901. The van der Waals surface area contributed by atoms with E-state index >= 15 is 0 Å². The lowest BCUT2D eigenvalue weighted by Gasteiger charge is -2.63. The van der Waals surface area contributed by atoms with Gasteiger partial charge >= 0.3 is 5.97 Å². The molecule has 0 aromatic heterocycles. The first-order valence-electron chi connectivity index (χ1n) is 9.91. The Kier molecular flexibility index (Phi) is 3.21. The van der Waals surface area contributed by atoms with Crippen molar-refractivity contribution < 1.29 is 23.8 Å². The number of hydrazone groups is 1. The average Bonchev–Trinajstić information content (AvgIpc) is 3.26. The molecule has 5 aliphatic rings. The fourth-order valence-corrected chi connectivity index (χ4v) is 6.05. The van der Waals surface area contributed by atoms with E-state index in [0.29, 0.717) is 37.6 Å². The Hall–Kier alpha value is -2.49. The number of carbonyl (C=O) groups excluding carboxylic acids is 2. The van der Waals surface area contributed by atoms with Gasteiger partial charge in [0.2, 0.25) is 5.78 Å². The van der Waals surface area contributed by atoms with Gasteiger partial charge < -0.3 is 14.2 Å². The van der Waals surface area contributed by atoms with Crippen LogP contribution in [0, 0.1) is 5.92 Å². The van der Waals surface area contributed by atoms with Crippen LogP contribution in [0.15, 0.2) is 29.4 Å². The van der Waals surface area contributed by atoms with E-state index < -0.39 is 17.3 Å². The molecule has 2 bridgehead atoms. The van der Waals surface area contributed by atoms with Crippen LogP contribution in [0.5, 0.6) is 5.75 Å². The molecule has 4 fully saturated rings. The monoisotopic (exact) mass is 398 g/mol. The molecule has 1 aromatic carbocycles. The Morgan fingerprint density at radius 1 is 1.34 bits per heavy atom. The van der Waals surface area contributed by atoms with Gasteiger partial charge in [-0.2, -0.15) is 5.10 Å². The Morgan fingerprint density at radius 3 is 2.86 bits per heavy atom. The van der Waals surface area contributed by atoms with E-state index in [1.54, 1.807) is 19.0 Å². The number of methoxy groups -OCH3 is 1. The van der Waals surface area contributed by atoms with Gasteiger partial charge in [-0.15, -0.1) is 0 Å². The normalized spacial score (nSPS) is 39.0. The molecule has 9 nitrogen and oxygen atoms in total. The topological polar surface area (TPSA) is 92.7 Å². The van der Waals surface area contributed by atoms with E-state index in [9.17, 15) is 9.59 Å². The highest BCUT2D eigenvalue weighted by molar-refractivity contribution is 6.40. The first kappa shape index (κ1) is 17.4. The van der Waals surface area contributed by atoms with Crippen molar-refractivity contribution in [2.24, 2.45) is 11.0 Å². The Balaban J connectivity index is 1.52. The summed E-state index contributed by atoms with van der Waals surface area (Å²) < 4.78 is 16.4.